The summed E-state index contributed by atoms with van der Waals surface area (Å²) in [5.41, 5.74) is 1.02. The number of carbonyl (C=O) groups is 1. The molecule has 0 unspecified atom stereocenters. The molecular weight excluding hydrogens is 371 g/mol. The molecule has 144 valence electrons. The zero-order valence-electron chi connectivity index (χ0n) is 14.9. The van der Waals surface area contributed by atoms with Crippen molar-refractivity contribution in [1.82, 2.24) is 15.0 Å². The van der Waals surface area contributed by atoms with Crippen molar-refractivity contribution in [2.45, 2.75) is 19.0 Å². The molecule has 0 spiro atoms. The minimum atomic E-state index is -4.44. The normalized spacial score (nSPS) is 14.8. The number of alkyl halides is 3. The van der Waals surface area contributed by atoms with Crippen molar-refractivity contribution >= 4 is 5.91 Å². The molecule has 3 aromatic rings. The second kappa shape index (κ2) is 6.78. The van der Waals surface area contributed by atoms with Crippen LogP contribution in [-0.2, 0) is 6.18 Å². The summed E-state index contributed by atoms with van der Waals surface area (Å²) in [7, 11) is 0. The van der Waals surface area contributed by atoms with Crippen LogP contribution < -0.4 is 0 Å². The molecule has 28 heavy (non-hydrogen) atoms. The summed E-state index contributed by atoms with van der Waals surface area (Å²) in [5, 5.41) is 3.80. The molecule has 1 aliphatic heterocycles. The number of hydrogen-bond acceptors (Lipinski definition) is 4. The fourth-order valence-corrected chi connectivity index (χ4v) is 3.14. The smallest absolute Gasteiger partial charge is 0.339 e. The number of aromatic nitrogens is 2. The van der Waals surface area contributed by atoms with Gasteiger partial charge < -0.3 is 9.42 Å². The van der Waals surface area contributed by atoms with E-state index in [1.807, 2.05) is 25.1 Å². The van der Waals surface area contributed by atoms with Gasteiger partial charge in [-0.05, 0) is 30.7 Å². The Kier molecular flexibility index (Phi) is 4.41. The summed E-state index contributed by atoms with van der Waals surface area (Å²) in [6.45, 7) is 2.73. The first-order valence-electron chi connectivity index (χ1n) is 8.69. The highest BCUT2D eigenvalue weighted by molar-refractivity contribution is 5.96. The van der Waals surface area contributed by atoms with Gasteiger partial charge in [-0.25, -0.2) is 0 Å². The molecule has 1 aliphatic rings. The lowest BCUT2D eigenvalue weighted by Gasteiger charge is -2.37. The van der Waals surface area contributed by atoms with Gasteiger partial charge in [-0.3, -0.25) is 4.79 Å². The van der Waals surface area contributed by atoms with Crippen LogP contribution in [0.1, 0.15) is 33.3 Å². The van der Waals surface area contributed by atoms with E-state index >= 15 is 0 Å². The fourth-order valence-electron chi connectivity index (χ4n) is 3.14. The van der Waals surface area contributed by atoms with Crippen LogP contribution in [-0.4, -0.2) is 34.0 Å². The second-order valence-corrected chi connectivity index (χ2v) is 6.76. The first-order chi connectivity index (χ1) is 13.3. The maximum absolute atomic E-state index is 12.9. The van der Waals surface area contributed by atoms with Crippen molar-refractivity contribution in [3.05, 3.63) is 71.1 Å². The number of benzene rings is 2. The van der Waals surface area contributed by atoms with Crippen LogP contribution in [0.2, 0.25) is 0 Å². The standard InChI is InChI=1S/C20H16F3N3O2/c1-12-5-2-3-8-16(12)19(27)26-10-14(11-26)18-24-17(25-28-18)13-6-4-7-15(9-13)20(21,22)23/h2-9,14H,10-11H2,1H3. The molecule has 1 aromatic heterocycles. The Balaban J connectivity index is 1.46. The van der Waals surface area contributed by atoms with Gasteiger partial charge in [0.1, 0.15) is 0 Å². The highest BCUT2D eigenvalue weighted by Gasteiger charge is 2.36. The molecule has 1 fully saturated rings. The van der Waals surface area contributed by atoms with Gasteiger partial charge >= 0.3 is 6.18 Å². The first kappa shape index (κ1) is 18.2. The zero-order valence-corrected chi connectivity index (χ0v) is 14.9. The largest absolute Gasteiger partial charge is 0.416 e. The summed E-state index contributed by atoms with van der Waals surface area (Å²) in [6, 6.07) is 12.1. The SMILES string of the molecule is Cc1ccccc1C(=O)N1CC(c2nc(-c3cccc(C(F)(F)F)c3)no2)C1. The molecule has 1 saturated heterocycles. The van der Waals surface area contributed by atoms with Crippen molar-refractivity contribution in [2.75, 3.05) is 13.1 Å². The molecule has 0 radical (unpaired) electrons. The lowest BCUT2D eigenvalue weighted by molar-refractivity contribution is -0.137. The van der Waals surface area contributed by atoms with Crippen molar-refractivity contribution in [2.24, 2.45) is 0 Å². The topological polar surface area (TPSA) is 59.2 Å². The molecule has 0 saturated carbocycles. The lowest BCUT2D eigenvalue weighted by atomic mass is 9.97. The predicted octanol–water partition coefficient (Wildman–Crippen LogP) is 4.30. The predicted molar refractivity (Wildman–Crippen MR) is 94.6 cm³/mol. The monoisotopic (exact) mass is 387 g/mol. The molecule has 4 rings (SSSR count). The van der Waals surface area contributed by atoms with Crippen LogP contribution in [0.25, 0.3) is 11.4 Å². The molecule has 2 heterocycles. The maximum Gasteiger partial charge on any atom is 0.416 e. The lowest BCUT2D eigenvalue weighted by Crippen LogP contribution is -2.48. The van der Waals surface area contributed by atoms with E-state index in [1.165, 1.54) is 12.1 Å². The Bertz CT molecular complexity index is 1020. The number of amides is 1. The van der Waals surface area contributed by atoms with E-state index in [4.69, 9.17) is 4.52 Å². The molecule has 0 bridgehead atoms. The Morgan fingerprint density at radius 3 is 2.61 bits per heavy atom. The maximum atomic E-state index is 12.9. The number of carbonyl (C=O) groups excluding carboxylic acids is 1. The molecular formula is C20H16F3N3O2. The van der Waals surface area contributed by atoms with E-state index in [-0.39, 0.29) is 23.2 Å². The van der Waals surface area contributed by atoms with E-state index in [2.05, 4.69) is 10.1 Å². The van der Waals surface area contributed by atoms with Crippen molar-refractivity contribution in [3.63, 3.8) is 0 Å². The van der Waals surface area contributed by atoms with Crippen molar-refractivity contribution < 1.29 is 22.5 Å². The van der Waals surface area contributed by atoms with Crippen LogP contribution in [0.5, 0.6) is 0 Å². The van der Waals surface area contributed by atoms with Gasteiger partial charge in [0.25, 0.3) is 5.91 Å². The molecule has 0 N–H and O–H groups in total. The van der Waals surface area contributed by atoms with Crippen LogP contribution in [0.4, 0.5) is 13.2 Å². The van der Waals surface area contributed by atoms with Crippen molar-refractivity contribution in [1.29, 1.82) is 0 Å². The Morgan fingerprint density at radius 1 is 1.14 bits per heavy atom. The van der Waals surface area contributed by atoms with E-state index < -0.39 is 11.7 Å². The third-order valence-electron chi connectivity index (χ3n) is 4.78. The van der Waals surface area contributed by atoms with Gasteiger partial charge in [0, 0.05) is 24.2 Å². The highest BCUT2D eigenvalue weighted by Crippen LogP contribution is 2.33. The Labute approximate surface area is 158 Å². The van der Waals surface area contributed by atoms with Crippen LogP contribution in [0.3, 0.4) is 0 Å². The number of hydrogen-bond donors (Lipinski definition) is 0. The summed E-state index contributed by atoms with van der Waals surface area (Å²) in [6.07, 6.45) is -4.44. The van der Waals surface area contributed by atoms with Crippen molar-refractivity contribution in [3.8, 4) is 11.4 Å². The van der Waals surface area contributed by atoms with E-state index in [1.54, 1.807) is 11.0 Å². The van der Waals surface area contributed by atoms with E-state index in [0.29, 0.717) is 24.5 Å². The summed E-state index contributed by atoms with van der Waals surface area (Å²) in [5.74, 6) is 0.234. The van der Waals surface area contributed by atoms with Gasteiger partial charge in [0.05, 0.1) is 11.5 Å². The molecule has 2 aromatic carbocycles. The average molecular weight is 387 g/mol. The summed E-state index contributed by atoms with van der Waals surface area (Å²) >= 11 is 0. The van der Waals surface area contributed by atoms with Crippen LogP contribution in [0, 0.1) is 6.92 Å². The third kappa shape index (κ3) is 3.37. The minimum Gasteiger partial charge on any atom is -0.339 e. The van der Waals surface area contributed by atoms with Crippen LogP contribution >= 0.6 is 0 Å². The number of likely N-dealkylation sites (tertiary alicyclic amines) is 1. The fraction of sp³-hybridized carbons (Fsp3) is 0.250. The van der Waals surface area contributed by atoms with Gasteiger partial charge in [0.15, 0.2) is 0 Å². The molecule has 1 amide bonds. The quantitative estimate of drug-likeness (QED) is 0.672. The highest BCUT2D eigenvalue weighted by atomic mass is 19.4. The third-order valence-corrected chi connectivity index (χ3v) is 4.78. The Morgan fingerprint density at radius 2 is 1.89 bits per heavy atom. The second-order valence-electron chi connectivity index (χ2n) is 6.76. The van der Waals surface area contributed by atoms with E-state index in [0.717, 1.165) is 17.7 Å². The first-order valence-corrected chi connectivity index (χ1v) is 8.69. The molecule has 0 aliphatic carbocycles. The number of halogens is 3. The van der Waals surface area contributed by atoms with Gasteiger partial charge in [-0.1, -0.05) is 35.5 Å². The Hall–Kier alpha value is -3.16. The van der Waals surface area contributed by atoms with Crippen LogP contribution in [0.15, 0.2) is 53.1 Å². The number of nitrogens with zero attached hydrogens (tertiary/aromatic N) is 3. The van der Waals surface area contributed by atoms with E-state index in [9.17, 15) is 18.0 Å². The summed E-state index contributed by atoms with van der Waals surface area (Å²) in [4.78, 5) is 18.4. The molecule has 5 nitrogen and oxygen atoms in total. The van der Waals surface area contributed by atoms with Gasteiger partial charge in [0.2, 0.25) is 11.7 Å². The molecule has 0 atom stereocenters. The molecule has 8 heteroatoms. The van der Waals surface area contributed by atoms with Gasteiger partial charge in [-0.15, -0.1) is 0 Å². The average Bonchev–Trinajstić information content (AvgIpc) is 3.10. The van der Waals surface area contributed by atoms with Gasteiger partial charge in [-0.2, -0.15) is 18.2 Å². The number of aryl methyl sites for hydroxylation is 1. The number of rotatable bonds is 3. The summed E-state index contributed by atoms with van der Waals surface area (Å²) < 4.78 is 43.8. The zero-order chi connectivity index (χ0) is 19.9. The minimum absolute atomic E-state index is 0.0630.